The monoisotopic (exact) mass is 341 g/mol. The third kappa shape index (κ3) is 3.73. The van der Waals surface area contributed by atoms with Crippen LogP contribution in [0.3, 0.4) is 0 Å². The lowest BCUT2D eigenvalue weighted by Crippen LogP contribution is -2.25. The quantitative estimate of drug-likeness (QED) is 0.593. The Morgan fingerprint density at radius 3 is 1.42 bits per heavy atom. The van der Waals surface area contributed by atoms with E-state index in [0.717, 1.165) is 12.8 Å². The van der Waals surface area contributed by atoms with Crippen LogP contribution in [0.15, 0.2) is 72.8 Å². The summed E-state index contributed by atoms with van der Waals surface area (Å²) in [7, 11) is 0. The molecule has 1 heteroatoms. The molecule has 1 saturated carbocycles. The van der Waals surface area contributed by atoms with Crippen molar-refractivity contribution >= 4 is 0 Å². The molecule has 132 valence electrons. The first-order valence-corrected chi connectivity index (χ1v) is 9.72. The van der Waals surface area contributed by atoms with Gasteiger partial charge in [-0.3, -0.25) is 0 Å². The van der Waals surface area contributed by atoms with Gasteiger partial charge in [0.05, 0.1) is 0 Å². The van der Waals surface area contributed by atoms with E-state index < -0.39 is 0 Å². The molecule has 0 unspecified atom stereocenters. The van der Waals surface area contributed by atoms with E-state index in [4.69, 9.17) is 5.73 Å². The van der Waals surface area contributed by atoms with Gasteiger partial charge in [-0.2, -0.15) is 0 Å². The maximum atomic E-state index is 6.04. The van der Waals surface area contributed by atoms with Crippen LogP contribution in [-0.4, -0.2) is 6.04 Å². The van der Waals surface area contributed by atoms with Gasteiger partial charge in [0, 0.05) is 6.04 Å². The Kier molecular flexibility index (Phi) is 4.90. The summed E-state index contributed by atoms with van der Waals surface area (Å²) >= 11 is 0. The molecule has 1 aliphatic carbocycles. The normalized spacial score (nSPS) is 20.1. The van der Waals surface area contributed by atoms with Crippen molar-refractivity contribution in [3.8, 4) is 22.3 Å². The van der Waals surface area contributed by atoms with Gasteiger partial charge >= 0.3 is 0 Å². The number of hydrogen-bond donors (Lipinski definition) is 1. The average Bonchev–Trinajstić information content (AvgIpc) is 2.70. The number of aryl methyl sites for hydroxylation is 1. The second-order valence-electron chi connectivity index (χ2n) is 7.68. The van der Waals surface area contributed by atoms with Gasteiger partial charge in [0.25, 0.3) is 0 Å². The van der Waals surface area contributed by atoms with Crippen molar-refractivity contribution in [3.05, 3.63) is 83.9 Å². The highest BCUT2D eigenvalue weighted by molar-refractivity contribution is 5.70. The Balaban J connectivity index is 1.50. The maximum absolute atomic E-state index is 6.04. The molecule has 4 rings (SSSR count). The van der Waals surface area contributed by atoms with Crippen molar-refractivity contribution in [3.63, 3.8) is 0 Å². The molecule has 0 amide bonds. The third-order valence-corrected chi connectivity index (χ3v) is 5.76. The minimum Gasteiger partial charge on any atom is -0.328 e. The molecule has 26 heavy (non-hydrogen) atoms. The van der Waals surface area contributed by atoms with Crippen molar-refractivity contribution < 1.29 is 0 Å². The molecular weight excluding hydrogens is 314 g/mol. The SMILES string of the molecule is Cc1ccc(-c2ccc(-c3ccc(C4CCC(N)CC4)cc3)cc2)cc1. The van der Waals surface area contributed by atoms with Crippen LogP contribution in [0.25, 0.3) is 22.3 Å². The predicted molar refractivity (Wildman–Crippen MR) is 111 cm³/mol. The van der Waals surface area contributed by atoms with Gasteiger partial charge in [0.15, 0.2) is 0 Å². The van der Waals surface area contributed by atoms with E-state index in [9.17, 15) is 0 Å². The summed E-state index contributed by atoms with van der Waals surface area (Å²) in [6.07, 6.45) is 4.78. The minimum absolute atomic E-state index is 0.414. The van der Waals surface area contributed by atoms with E-state index in [1.165, 1.54) is 46.2 Å². The fraction of sp³-hybridized carbons (Fsp3) is 0.280. The summed E-state index contributed by atoms with van der Waals surface area (Å²) in [4.78, 5) is 0. The summed E-state index contributed by atoms with van der Waals surface area (Å²) < 4.78 is 0. The fourth-order valence-electron chi connectivity index (χ4n) is 4.00. The van der Waals surface area contributed by atoms with Crippen LogP contribution in [0.2, 0.25) is 0 Å². The van der Waals surface area contributed by atoms with E-state index >= 15 is 0 Å². The zero-order valence-electron chi connectivity index (χ0n) is 15.5. The van der Waals surface area contributed by atoms with Crippen LogP contribution in [0.1, 0.15) is 42.7 Å². The van der Waals surface area contributed by atoms with E-state index in [1.807, 2.05) is 0 Å². The van der Waals surface area contributed by atoms with Crippen molar-refractivity contribution in [2.45, 2.75) is 44.6 Å². The molecule has 1 fully saturated rings. The summed E-state index contributed by atoms with van der Waals surface area (Å²) in [6.45, 7) is 2.12. The molecule has 0 aromatic heterocycles. The molecular formula is C25H27N. The highest BCUT2D eigenvalue weighted by atomic mass is 14.6. The summed E-state index contributed by atoms with van der Waals surface area (Å²) in [5.74, 6) is 0.688. The van der Waals surface area contributed by atoms with E-state index in [2.05, 4.69) is 79.7 Å². The van der Waals surface area contributed by atoms with Gasteiger partial charge in [-0.05, 0) is 66.3 Å². The van der Waals surface area contributed by atoms with Crippen molar-refractivity contribution in [1.29, 1.82) is 0 Å². The molecule has 2 N–H and O–H groups in total. The lowest BCUT2D eigenvalue weighted by atomic mass is 9.82. The van der Waals surface area contributed by atoms with E-state index in [0.29, 0.717) is 12.0 Å². The zero-order valence-corrected chi connectivity index (χ0v) is 15.5. The standard InChI is InChI=1S/C25H27N/c1-18-2-4-19(5-3-18)20-6-8-21(9-7-20)22-10-12-23(13-11-22)24-14-16-25(26)17-15-24/h2-13,24-25H,14-17,26H2,1H3. The highest BCUT2D eigenvalue weighted by Crippen LogP contribution is 2.33. The first-order valence-electron chi connectivity index (χ1n) is 9.72. The Bertz CT molecular complexity index is 836. The fourth-order valence-corrected chi connectivity index (χ4v) is 4.00. The second kappa shape index (κ2) is 7.47. The van der Waals surface area contributed by atoms with E-state index in [-0.39, 0.29) is 0 Å². The highest BCUT2D eigenvalue weighted by Gasteiger charge is 2.19. The summed E-state index contributed by atoms with van der Waals surface area (Å²) in [6, 6.07) is 27.2. The van der Waals surface area contributed by atoms with Crippen molar-refractivity contribution in [2.24, 2.45) is 5.73 Å². The van der Waals surface area contributed by atoms with Gasteiger partial charge < -0.3 is 5.73 Å². The van der Waals surface area contributed by atoms with Crippen LogP contribution in [0, 0.1) is 6.92 Å². The van der Waals surface area contributed by atoms with Crippen LogP contribution in [-0.2, 0) is 0 Å². The summed E-state index contributed by atoms with van der Waals surface area (Å²) in [5, 5.41) is 0. The second-order valence-corrected chi connectivity index (χ2v) is 7.68. The average molecular weight is 341 g/mol. The van der Waals surface area contributed by atoms with Gasteiger partial charge in [-0.1, -0.05) is 78.4 Å². The minimum atomic E-state index is 0.414. The summed E-state index contributed by atoms with van der Waals surface area (Å²) in [5.41, 5.74) is 13.9. The van der Waals surface area contributed by atoms with Gasteiger partial charge in [0.2, 0.25) is 0 Å². The van der Waals surface area contributed by atoms with E-state index in [1.54, 1.807) is 0 Å². The molecule has 0 aliphatic heterocycles. The Labute approximate surface area is 156 Å². The third-order valence-electron chi connectivity index (χ3n) is 5.76. The molecule has 1 nitrogen and oxygen atoms in total. The topological polar surface area (TPSA) is 26.0 Å². The van der Waals surface area contributed by atoms with Crippen molar-refractivity contribution in [2.75, 3.05) is 0 Å². The lowest BCUT2D eigenvalue weighted by Gasteiger charge is -2.26. The Morgan fingerprint density at radius 1 is 0.577 bits per heavy atom. The van der Waals surface area contributed by atoms with Crippen molar-refractivity contribution in [1.82, 2.24) is 0 Å². The zero-order chi connectivity index (χ0) is 17.9. The lowest BCUT2D eigenvalue weighted by molar-refractivity contribution is 0.395. The molecule has 0 radical (unpaired) electrons. The number of nitrogens with two attached hydrogens (primary N) is 1. The van der Waals surface area contributed by atoms with Gasteiger partial charge in [0.1, 0.15) is 0 Å². The Morgan fingerprint density at radius 2 is 0.962 bits per heavy atom. The number of benzene rings is 3. The van der Waals surface area contributed by atoms with Crippen LogP contribution in [0.5, 0.6) is 0 Å². The molecule has 0 bridgehead atoms. The predicted octanol–water partition coefficient (Wildman–Crippen LogP) is 6.31. The molecule has 0 saturated heterocycles. The molecule has 0 heterocycles. The Hall–Kier alpha value is -2.38. The number of rotatable bonds is 3. The van der Waals surface area contributed by atoms with Gasteiger partial charge in [-0.25, -0.2) is 0 Å². The molecule has 3 aromatic rings. The van der Waals surface area contributed by atoms with Gasteiger partial charge in [-0.15, -0.1) is 0 Å². The maximum Gasteiger partial charge on any atom is 0.00392 e. The first-order chi connectivity index (χ1) is 12.7. The largest absolute Gasteiger partial charge is 0.328 e. The van der Waals surface area contributed by atoms with Crippen LogP contribution < -0.4 is 5.73 Å². The molecule has 3 aromatic carbocycles. The molecule has 0 atom stereocenters. The molecule has 0 spiro atoms. The smallest absolute Gasteiger partial charge is 0.00392 e. The first kappa shape index (κ1) is 17.1. The van der Waals surface area contributed by atoms with Crippen LogP contribution in [0.4, 0.5) is 0 Å². The number of hydrogen-bond acceptors (Lipinski definition) is 1. The molecule has 1 aliphatic rings. The van der Waals surface area contributed by atoms with Crippen LogP contribution >= 0.6 is 0 Å².